The predicted molar refractivity (Wildman–Crippen MR) is 137 cm³/mol. The fourth-order valence-electron chi connectivity index (χ4n) is 3.50. The van der Waals surface area contributed by atoms with Crippen LogP contribution in [-0.2, 0) is 17.1 Å². The zero-order valence-corrected chi connectivity index (χ0v) is 21.9. The van der Waals surface area contributed by atoms with Gasteiger partial charge in [-0.25, -0.2) is 24.3 Å². The molecule has 4 rings (SSSR count). The van der Waals surface area contributed by atoms with E-state index in [0.717, 1.165) is 11.5 Å². The van der Waals surface area contributed by atoms with Crippen molar-refractivity contribution < 1.29 is 26.5 Å². The molecule has 0 spiro atoms. The van der Waals surface area contributed by atoms with Crippen LogP contribution in [0.5, 0.6) is 11.5 Å². The second-order valence-corrected chi connectivity index (χ2v) is 8.74. The normalized spacial score (nSPS) is 9.44. The Hall–Kier alpha value is -2.31. The average Bonchev–Trinajstić information content (AvgIpc) is 3.47. The minimum absolute atomic E-state index is 0. The van der Waals surface area contributed by atoms with Crippen LogP contribution in [0.1, 0.15) is 22.3 Å². The molecule has 2 nitrogen and oxygen atoms in total. The summed E-state index contributed by atoms with van der Waals surface area (Å²) in [4.78, 5) is 0. The predicted octanol–water partition coefficient (Wildman–Crippen LogP) is 6.38. The standard InChI is InChI=1S/C18H23O2P.2C5H5.Fe/c1-11-7-15(8-12(2)17(11)19-5)21-16-9-13(3)18(20-6)14(4)10-16;2*1-2-4-5-3-1;/h7-10,21H,1-6H3;2*1-5H;/q;2*-1;+2. The quantitative estimate of drug-likeness (QED) is 0.189. The Morgan fingerprint density at radius 2 is 0.844 bits per heavy atom. The molecule has 0 fully saturated rings. The first kappa shape index (κ1) is 27.7. The van der Waals surface area contributed by atoms with Gasteiger partial charge in [-0.05, 0) is 84.8 Å². The van der Waals surface area contributed by atoms with Crippen LogP contribution in [0.3, 0.4) is 0 Å². The van der Waals surface area contributed by atoms with Crippen molar-refractivity contribution in [3.8, 4) is 11.5 Å². The van der Waals surface area contributed by atoms with Crippen molar-refractivity contribution in [2.75, 3.05) is 14.2 Å². The third-order valence-electron chi connectivity index (χ3n) is 4.73. The molecular formula is C28H33FeO2P. The molecule has 0 heterocycles. The molecular weight excluding hydrogens is 455 g/mol. The summed E-state index contributed by atoms with van der Waals surface area (Å²) in [5.41, 5.74) is 4.79. The third kappa shape index (κ3) is 8.67. The van der Waals surface area contributed by atoms with Gasteiger partial charge in [0.15, 0.2) is 0 Å². The maximum absolute atomic E-state index is 5.44. The molecule has 0 saturated carbocycles. The first-order chi connectivity index (χ1) is 15.0. The molecule has 0 aliphatic heterocycles. The van der Waals surface area contributed by atoms with Crippen molar-refractivity contribution in [3.05, 3.63) is 107 Å². The topological polar surface area (TPSA) is 18.5 Å². The minimum atomic E-state index is 0. The summed E-state index contributed by atoms with van der Waals surface area (Å²) in [7, 11) is 4.11. The summed E-state index contributed by atoms with van der Waals surface area (Å²) in [5, 5.41) is 2.68. The summed E-state index contributed by atoms with van der Waals surface area (Å²) in [6.07, 6.45) is 0. The maximum Gasteiger partial charge on any atom is 2.00 e. The summed E-state index contributed by atoms with van der Waals surface area (Å²) in [5.74, 6) is 1.98. The molecule has 170 valence electrons. The first-order valence-electron chi connectivity index (χ1n) is 10.4. The summed E-state index contributed by atoms with van der Waals surface area (Å²) >= 11 is 0. The van der Waals surface area contributed by atoms with E-state index in [2.05, 4.69) is 52.0 Å². The van der Waals surface area contributed by atoms with Crippen LogP contribution >= 0.6 is 8.58 Å². The number of hydrogen-bond donors (Lipinski definition) is 0. The van der Waals surface area contributed by atoms with Crippen molar-refractivity contribution in [1.29, 1.82) is 0 Å². The van der Waals surface area contributed by atoms with Gasteiger partial charge in [-0.2, -0.15) is 36.4 Å². The van der Waals surface area contributed by atoms with Gasteiger partial charge in [0.25, 0.3) is 0 Å². The van der Waals surface area contributed by atoms with Crippen LogP contribution in [0.25, 0.3) is 0 Å². The Morgan fingerprint density at radius 1 is 0.562 bits per heavy atom. The smallest absolute Gasteiger partial charge is 0.496 e. The van der Waals surface area contributed by atoms with E-state index >= 15 is 0 Å². The van der Waals surface area contributed by atoms with Crippen LogP contribution in [0.2, 0.25) is 0 Å². The van der Waals surface area contributed by atoms with Gasteiger partial charge in [0.1, 0.15) is 11.5 Å². The van der Waals surface area contributed by atoms with Crippen LogP contribution in [0.15, 0.2) is 84.9 Å². The summed E-state index contributed by atoms with van der Waals surface area (Å²) < 4.78 is 10.9. The second-order valence-electron chi connectivity index (χ2n) is 7.34. The molecule has 4 heteroatoms. The number of methoxy groups -OCH3 is 2. The maximum atomic E-state index is 5.44. The molecule has 0 atom stereocenters. The molecule has 0 saturated heterocycles. The number of hydrogen-bond acceptors (Lipinski definition) is 2. The van der Waals surface area contributed by atoms with Gasteiger partial charge in [0.05, 0.1) is 14.2 Å². The molecule has 0 amide bonds. The van der Waals surface area contributed by atoms with Crippen molar-refractivity contribution in [1.82, 2.24) is 0 Å². The molecule has 4 aromatic carbocycles. The summed E-state index contributed by atoms with van der Waals surface area (Å²) in [6, 6.07) is 28.9. The molecule has 0 unspecified atom stereocenters. The van der Waals surface area contributed by atoms with Crippen LogP contribution in [0, 0.1) is 27.7 Å². The number of ether oxygens (including phenoxy) is 2. The zero-order chi connectivity index (χ0) is 22.6. The van der Waals surface area contributed by atoms with Crippen molar-refractivity contribution in [2.24, 2.45) is 0 Å². The Balaban J connectivity index is 0.000000379. The monoisotopic (exact) mass is 488 g/mol. The van der Waals surface area contributed by atoms with Gasteiger partial charge in [0.2, 0.25) is 0 Å². The van der Waals surface area contributed by atoms with E-state index in [0.29, 0.717) is 8.58 Å². The van der Waals surface area contributed by atoms with E-state index in [1.807, 2.05) is 60.7 Å². The Bertz CT molecular complexity index is 858. The van der Waals surface area contributed by atoms with Crippen LogP contribution in [-0.4, -0.2) is 14.2 Å². The first-order valence-corrected chi connectivity index (χ1v) is 11.4. The van der Waals surface area contributed by atoms with E-state index in [9.17, 15) is 0 Å². The van der Waals surface area contributed by atoms with Gasteiger partial charge in [0, 0.05) is 0 Å². The van der Waals surface area contributed by atoms with Crippen molar-refractivity contribution in [3.63, 3.8) is 0 Å². The number of rotatable bonds is 4. The molecule has 0 radical (unpaired) electrons. The Labute approximate surface area is 206 Å². The van der Waals surface area contributed by atoms with Crippen molar-refractivity contribution >= 4 is 19.2 Å². The van der Waals surface area contributed by atoms with Crippen molar-refractivity contribution in [2.45, 2.75) is 27.7 Å². The zero-order valence-electron chi connectivity index (χ0n) is 19.8. The molecule has 0 aromatic heterocycles. The molecule has 0 bridgehead atoms. The summed E-state index contributed by atoms with van der Waals surface area (Å²) in [6.45, 7) is 8.41. The van der Waals surface area contributed by atoms with E-state index < -0.39 is 0 Å². The molecule has 0 N–H and O–H groups in total. The van der Waals surface area contributed by atoms with Gasteiger partial charge in [-0.15, -0.1) is 0 Å². The number of benzene rings is 2. The molecule has 0 aliphatic carbocycles. The van der Waals surface area contributed by atoms with E-state index in [1.165, 1.54) is 32.9 Å². The van der Waals surface area contributed by atoms with Gasteiger partial charge in [-0.3, -0.25) is 0 Å². The van der Waals surface area contributed by atoms with E-state index in [4.69, 9.17) is 9.47 Å². The van der Waals surface area contributed by atoms with Gasteiger partial charge >= 0.3 is 17.1 Å². The van der Waals surface area contributed by atoms with Gasteiger partial charge < -0.3 is 9.47 Å². The second kappa shape index (κ2) is 14.7. The molecule has 32 heavy (non-hydrogen) atoms. The molecule has 4 aromatic rings. The van der Waals surface area contributed by atoms with Crippen LogP contribution < -0.4 is 20.1 Å². The minimum Gasteiger partial charge on any atom is -0.496 e. The van der Waals surface area contributed by atoms with Gasteiger partial charge in [-0.1, -0.05) is 8.58 Å². The molecule has 0 aliphatic rings. The Morgan fingerprint density at radius 3 is 1.03 bits per heavy atom. The fraction of sp³-hybridized carbons (Fsp3) is 0.214. The third-order valence-corrected chi connectivity index (χ3v) is 5.88. The van der Waals surface area contributed by atoms with E-state index in [-0.39, 0.29) is 17.1 Å². The van der Waals surface area contributed by atoms with E-state index in [1.54, 1.807) is 14.2 Å². The number of aryl methyl sites for hydroxylation is 4. The van der Waals surface area contributed by atoms with Crippen LogP contribution in [0.4, 0.5) is 0 Å². The Kier molecular flexibility index (Phi) is 12.7. The average molecular weight is 488 g/mol. The fourth-order valence-corrected chi connectivity index (χ4v) is 4.99. The SMILES string of the molecule is COc1c(C)cc(Pc2cc(C)c(OC)c(C)c2)cc1C.[Fe+2].c1cc[cH-]c1.c1cc[cH-]c1. The largest absolute Gasteiger partial charge is 2.00 e.